The molecule has 2 aromatic carbocycles. The topological polar surface area (TPSA) is 30.5 Å². The Morgan fingerprint density at radius 1 is 1.20 bits per heavy atom. The predicted octanol–water partition coefficient (Wildman–Crippen LogP) is 5.05. The number of rotatable bonds is 7. The highest BCUT2D eigenvalue weighted by Crippen LogP contribution is 2.32. The van der Waals surface area contributed by atoms with Crippen LogP contribution in [0.1, 0.15) is 17.5 Å². The summed E-state index contributed by atoms with van der Waals surface area (Å²) in [6.07, 6.45) is 1.44. The van der Waals surface area contributed by atoms with Crippen molar-refractivity contribution in [3.63, 3.8) is 0 Å². The van der Waals surface area contributed by atoms with Gasteiger partial charge in [0.25, 0.3) is 0 Å². The van der Waals surface area contributed by atoms with Crippen LogP contribution in [0.4, 0.5) is 0 Å². The first-order chi connectivity index (χ1) is 11.8. The van der Waals surface area contributed by atoms with Gasteiger partial charge in [-0.25, -0.2) is 0 Å². The third-order valence-corrected chi connectivity index (χ3v) is 5.75. The number of ether oxygens (including phenoxy) is 2. The summed E-state index contributed by atoms with van der Waals surface area (Å²) in [5.74, 6) is 1.79. The van der Waals surface area contributed by atoms with E-state index < -0.39 is 0 Å². The van der Waals surface area contributed by atoms with Crippen LogP contribution in [0.5, 0.6) is 5.75 Å². The van der Waals surface area contributed by atoms with Crippen molar-refractivity contribution in [2.24, 2.45) is 0 Å². The number of hydrogen-bond acceptors (Lipinski definition) is 4. The van der Waals surface area contributed by atoms with Crippen molar-refractivity contribution in [3.8, 4) is 5.75 Å². The molecule has 1 unspecified atom stereocenters. The molecule has 6 heteroatoms. The second kappa shape index (κ2) is 10.4. The van der Waals surface area contributed by atoms with E-state index >= 15 is 0 Å². The Morgan fingerprint density at radius 3 is 2.80 bits per heavy atom. The van der Waals surface area contributed by atoms with Gasteiger partial charge in [0.2, 0.25) is 0 Å². The SMILES string of the molecule is COc1ccc(Br)cc1CSc1ccccc1COC1CCNC1.Cl. The van der Waals surface area contributed by atoms with Crippen molar-refractivity contribution >= 4 is 40.1 Å². The summed E-state index contributed by atoms with van der Waals surface area (Å²) < 4.78 is 12.6. The fourth-order valence-electron chi connectivity index (χ4n) is 2.76. The second-order valence-electron chi connectivity index (χ2n) is 5.78. The summed E-state index contributed by atoms with van der Waals surface area (Å²) in [6, 6.07) is 14.6. The Balaban J connectivity index is 0.00000225. The largest absolute Gasteiger partial charge is 0.496 e. The molecule has 1 atom stereocenters. The molecule has 136 valence electrons. The van der Waals surface area contributed by atoms with E-state index in [4.69, 9.17) is 9.47 Å². The minimum atomic E-state index is 0. The van der Waals surface area contributed by atoms with E-state index in [-0.39, 0.29) is 12.4 Å². The average Bonchev–Trinajstić information content (AvgIpc) is 3.12. The molecule has 1 saturated heterocycles. The van der Waals surface area contributed by atoms with E-state index in [0.29, 0.717) is 12.7 Å². The number of methoxy groups -OCH3 is 1. The Labute approximate surface area is 168 Å². The lowest BCUT2D eigenvalue weighted by Crippen LogP contribution is -2.16. The molecule has 0 aromatic heterocycles. The molecule has 1 fully saturated rings. The summed E-state index contributed by atoms with van der Waals surface area (Å²) in [7, 11) is 1.72. The Morgan fingerprint density at radius 2 is 2.04 bits per heavy atom. The summed E-state index contributed by atoms with van der Waals surface area (Å²) in [5.41, 5.74) is 2.44. The molecule has 0 radical (unpaired) electrons. The van der Waals surface area contributed by atoms with Crippen LogP contribution in [0.3, 0.4) is 0 Å². The summed E-state index contributed by atoms with van der Waals surface area (Å²) in [6.45, 7) is 2.69. The molecule has 1 heterocycles. The number of nitrogens with one attached hydrogen (secondary N) is 1. The number of halogens is 2. The van der Waals surface area contributed by atoms with Crippen molar-refractivity contribution in [2.45, 2.75) is 29.8 Å². The quantitative estimate of drug-likeness (QED) is 0.605. The van der Waals surface area contributed by atoms with Crippen LogP contribution in [-0.4, -0.2) is 26.3 Å². The van der Waals surface area contributed by atoms with E-state index in [1.165, 1.54) is 16.0 Å². The van der Waals surface area contributed by atoms with Crippen LogP contribution in [0.25, 0.3) is 0 Å². The highest BCUT2D eigenvalue weighted by Gasteiger charge is 2.15. The molecule has 0 bridgehead atoms. The first-order valence-corrected chi connectivity index (χ1v) is 9.89. The van der Waals surface area contributed by atoms with Crippen molar-refractivity contribution in [1.29, 1.82) is 0 Å². The van der Waals surface area contributed by atoms with Crippen molar-refractivity contribution in [3.05, 3.63) is 58.1 Å². The number of thioether (sulfide) groups is 1. The van der Waals surface area contributed by atoms with Gasteiger partial charge in [-0.15, -0.1) is 24.2 Å². The van der Waals surface area contributed by atoms with Gasteiger partial charge in [0.1, 0.15) is 5.75 Å². The second-order valence-corrected chi connectivity index (χ2v) is 7.71. The summed E-state index contributed by atoms with van der Waals surface area (Å²) in [4.78, 5) is 1.27. The van der Waals surface area contributed by atoms with Gasteiger partial charge < -0.3 is 14.8 Å². The van der Waals surface area contributed by atoms with Crippen LogP contribution in [0, 0.1) is 0 Å². The molecule has 25 heavy (non-hydrogen) atoms. The molecule has 0 saturated carbocycles. The molecule has 2 aromatic rings. The van der Waals surface area contributed by atoms with Gasteiger partial charge in [0.15, 0.2) is 0 Å². The fourth-order valence-corrected chi connectivity index (χ4v) is 4.19. The van der Waals surface area contributed by atoms with E-state index in [0.717, 1.165) is 35.5 Å². The third-order valence-electron chi connectivity index (χ3n) is 4.09. The Bertz CT molecular complexity index is 680. The van der Waals surface area contributed by atoms with Crippen LogP contribution >= 0.6 is 40.1 Å². The Hall–Kier alpha value is -0.720. The first kappa shape index (κ1) is 20.6. The first-order valence-electron chi connectivity index (χ1n) is 8.11. The van der Waals surface area contributed by atoms with Gasteiger partial charge in [0.05, 0.1) is 19.8 Å². The molecule has 0 spiro atoms. The highest BCUT2D eigenvalue weighted by molar-refractivity contribution is 9.10. The molecular formula is C19H23BrClNO2S. The number of benzene rings is 2. The van der Waals surface area contributed by atoms with Gasteiger partial charge in [-0.3, -0.25) is 0 Å². The fraction of sp³-hybridized carbons (Fsp3) is 0.368. The predicted molar refractivity (Wildman–Crippen MR) is 110 cm³/mol. The van der Waals surface area contributed by atoms with Crippen LogP contribution in [0.2, 0.25) is 0 Å². The zero-order valence-corrected chi connectivity index (χ0v) is 17.4. The monoisotopic (exact) mass is 443 g/mol. The number of hydrogen-bond donors (Lipinski definition) is 1. The normalized spacial score (nSPS) is 16.5. The lowest BCUT2D eigenvalue weighted by Gasteiger charge is -2.14. The van der Waals surface area contributed by atoms with E-state index in [1.54, 1.807) is 7.11 Å². The van der Waals surface area contributed by atoms with Crippen LogP contribution in [0.15, 0.2) is 51.8 Å². The summed E-state index contributed by atoms with van der Waals surface area (Å²) >= 11 is 5.36. The van der Waals surface area contributed by atoms with Gasteiger partial charge >= 0.3 is 0 Å². The van der Waals surface area contributed by atoms with E-state index in [1.807, 2.05) is 23.9 Å². The maximum atomic E-state index is 6.04. The van der Waals surface area contributed by atoms with Crippen molar-refractivity contribution < 1.29 is 9.47 Å². The van der Waals surface area contributed by atoms with E-state index in [2.05, 4.69) is 51.6 Å². The van der Waals surface area contributed by atoms with Crippen LogP contribution < -0.4 is 10.1 Å². The van der Waals surface area contributed by atoms with Gasteiger partial charge in [-0.1, -0.05) is 34.1 Å². The molecule has 0 amide bonds. The molecule has 1 aliphatic heterocycles. The van der Waals surface area contributed by atoms with Crippen LogP contribution in [-0.2, 0) is 17.1 Å². The molecular weight excluding hydrogens is 422 g/mol. The smallest absolute Gasteiger partial charge is 0.122 e. The lowest BCUT2D eigenvalue weighted by atomic mass is 10.2. The van der Waals surface area contributed by atoms with Gasteiger partial charge in [-0.05, 0) is 42.8 Å². The zero-order valence-electron chi connectivity index (χ0n) is 14.2. The molecule has 1 N–H and O–H groups in total. The third kappa shape index (κ3) is 5.90. The minimum absolute atomic E-state index is 0. The zero-order chi connectivity index (χ0) is 16.8. The van der Waals surface area contributed by atoms with Crippen molar-refractivity contribution in [2.75, 3.05) is 20.2 Å². The standard InChI is InChI=1S/C19H22BrNO2S.ClH/c1-22-18-7-6-16(20)10-15(18)13-24-19-5-3-2-4-14(19)12-23-17-8-9-21-11-17;/h2-7,10,17,21H,8-9,11-13H2,1H3;1H. The maximum absolute atomic E-state index is 6.04. The molecule has 1 aliphatic rings. The maximum Gasteiger partial charge on any atom is 0.122 e. The Kier molecular flexibility index (Phi) is 8.59. The lowest BCUT2D eigenvalue weighted by molar-refractivity contribution is 0.0530. The minimum Gasteiger partial charge on any atom is -0.496 e. The van der Waals surface area contributed by atoms with Gasteiger partial charge in [-0.2, -0.15) is 0 Å². The van der Waals surface area contributed by atoms with Crippen molar-refractivity contribution in [1.82, 2.24) is 5.32 Å². The van der Waals surface area contributed by atoms with E-state index in [9.17, 15) is 0 Å². The molecule has 3 rings (SSSR count). The van der Waals surface area contributed by atoms with Gasteiger partial charge in [0, 0.05) is 27.2 Å². The highest BCUT2D eigenvalue weighted by atomic mass is 79.9. The molecule has 3 nitrogen and oxygen atoms in total. The molecule has 0 aliphatic carbocycles. The summed E-state index contributed by atoms with van der Waals surface area (Å²) in [5, 5.41) is 3.34. The average molecular weight is 445 g/mol.